The number of para-hydroxylation sites is 1. The number of rotatable bonds is 3. The van der Waals surface area contributed by atoms with Crippen LogP contribution in [0.3, 0.4) is 0 Å². The van der Waals surface area contributed by atoms with Gasteiger partial charge in [0.2, 0.25) is 0 Å². The van der Waals surface area contributed by atoms with Crippen molar-refractivity contribution < 1.29 is 34.5 Å². The second-order valence-electron chi connectivity index (χ2n) is 3.90. The van der Waals surface area contributed by atoms with E-state index in [9.17, 15) is 15.0 Å². The summed E-state index contributed by atoms with van der Waals surface area (Å²) in [5, 5.41) is 21.0. The Kier molecular flexibility index (Phi) is 12.2. The molecule has 0 amide bonds. The zero-order valence-corrected chi connectivity index (χ0v) is 15.8. The molecular weight excluding hydrogens is 364 g/mol. The van der Waals surface area contributed by atoms with Gasteiger partial charge >= 0.3 is 19.5 Å². The molecule has 2 aromatic heterocycles. The first-order chi connectivity index (χ1) is 11.2. The van der Waals surface area contributed by atoms with Gasteiger partial charge in [0, 0.05) is 31.0 Å². The van der Waals surface area contributed by atoms with E-state index in [2.05, 4.69) is 24.9 Å². The summed E-state index contributed by atoms with van der Waals surface area (Å²) in [5.41, 5.74) is 0.378. The van der Waals surface area contributed by atoms with Gasteiger partial charge in [-0.25, -0.2) is 9.97 Å². The number of aliphatic imine (C=N–C) groups is 1. The summed E-state index contributed by atoms with van der Waals surface area (Å²) in [6, 6.07) is 6.25. The van der Waals surface area contributed by atoms with E-state index in [1.165, 1.54) is 12.3 Å². The third kappa shape index (κ3) is 10.9. The quantitative estimate of drug-likeness (QED) is 0.479. The fraction of sp³-hybridized carbons (Fsp3) is 0.0667. The molecule has 1 aromatic carbocycles. The minimum atomic E-state index is -1.26. The topological polar surface area (TPSA) is 133 Å². The molecule has 0 radical (unpaired) electrons. The molecular formula is C15H15N5O3Zn. The maximum absolute atomic E-state index is 11.0. The van der Waals surface area contributed by atoms with Gasteiger partial charge in [-0.15, -0.1) is 5.75 Å². The van der Waals surface area contributed by atoms with Gasteiger partial charge in [-0.3, -0.25) is 4.99 Å². The van der Waals surface area contributed by atoms with Crippen LogP contribution in [-0.2, 0) is 24.3 Å². The SMILES string of the molecule is O=C([O-])CN=Cc1ccccc1[O-].[Zn+2].c1c[nH]cn1.c1c[nH]cn1. The molecule has 8 nitrogen and oxygen atoms in total. The first kappa shape index (κ1) is 21.2. The molecule has 0 saturated heterocycles. The van der Waals surface area contributed by atoms with Crippen molar-refractivity contribution in [3.05, 3.63) is 67.3 Å². The van der Waals surface area contributed by atoms with Crippen molar-refractivity contribution in [2.45, 2.75) is 0 Å². The average molecular weight is 379 g/mol. The Bertz CT molecular complexity index is 612. The second kappa shape index (κ2) is 13.8. The zero-order valence-electron chi connectivity index (χ0n) is 12.8. The molecule has 2 heterocycles. The maximum atomic E-state index is 11.0. The van der Waals surface area contributed by atoms with E-state index >= 15 is 0 Å². The fourth-order valence-electron chi connectivity index (χ4n) is 1.24. The van der Waals surface area contributed by atoms with E-state index in [1.807, 2.05) is 0 Å². The third-order valence-electron chi connectivity index (χ3n) is 2.18. The summed E-state index contributed by atoms with van der Waals surface area (Å²) >= 11 is 0. The number of nitrogens with one attached hydrogen (secondary N) is 2. The molecule has 0 aliphatic heterocycles. The number of aliphatic carboxylic acids is 1. The summed E-state index contributed by atoms with van der Waals surface area (Å²) in [7, 11) is 0. The minimum Gasteiger partial charge on any atom is -0.872 e. The van der Waals surface area contributed by atoms with Crippen LogP contribution >= 0.6 is 0 Å². The summed E-state index contributed by atoms with van der Waals surface area (Å²) in [6.45, 7) is -0.422. The number of carboxylic acids is 1. The van der Waals surface area contributed by atoms with E-state index in [0.717, 1.165) is 0 Å². The Balaban J connectivity index is 0.000000393. The summed E-state index contributed by atoms with van der Waals surface area (Å²) in [6.07, 6.45) is 11.4. The van der Waals surface area contributed by atoms with E-state index in [4.69, 9.17) is 0 Å². The van der Waals surface area contributed by atoms with Crippen LogP contribution in [-0.4, -0.2) is 38.7 Å². The van der Waals surface area contributed by atoms with Crippen LogP contribution in [0.15, 0.2) is 66.7 Å². The number of aromatic amines is 2. The van der Waals surface area contributed by atoms with Gasteiger partial charge in [0.05, 0.1) is 25.2 Å². The van der Waals surface area contributed by atoms with Crippen LogP contribution in [0.1, 0.15) is 5.56 Å². The van der Waals surface area contributed by atoms with Crippen LogP contribution in [0.2, 0.25) is 0 Å². The van der Waals surface area contributed by atoms with Crippen molar-refractivity contribution in [3.63, 3.8) is 0 Å². The molecule has 2 N–H and O–H groups in total. The number of carbonyl (C=O) groups is 1. The summed E-state index contributed by atoms with van der Waals surface area (Å²) in [4.78, 5) is 26.3. The molecule has 0 fully saturated rings. The van der Waals surface area contributed by atoms with Gasteiger partial charge in [0.1, 0.15) is 0 Å². The molecule has 120 valence electrons. The van der Waals surface area contributed by atoms with Gasteiger partial charge in [0.25, 0.3) is 0 Å². The molecule has 3 aromatic rings. The number of carbonyl (C=O) groups excluding carboxylic acids is 1. The van der Waals surface area contributed by atoms with Crippen molar-refractivity contribution in [1.82, 2.24) is 19.9 Å². The molecule has 0 aliphatic rings. The molecule has 24 heavy (non-hydrogen) atoms. The molecule has 0 spiro atoms. The molecule has 0 aliphatic carbocycles. The Labute approximate surface area is 151 Å². The largest absolute Gasteiger partial charge is 2.00 e. The Hall–Kier alpha value is -2.80. The Morgan fingerprint density at radius 1 is 1.12 bits per heavy atom. The smallest absolute Gasteiger partial charge is 0.872 e. The first-order valence-electron chi connectivity index (χ1n) is 6.51. The van der Waals surface area contributed by atoms with Crippen LogP contribution in [0, 0.1) is 0 Å². The van der Waals surface area contributed by atoms with Crippen LogP contribution in [0.4, 0.5) is 0 Å². The van der Waals surface area contributed by atoms with E-state index < -0.39 is 12.5 Å². The average Bonchev–Trinajstić information content (AvgIpc) is 3.28. The van der Waals surface area contributed by atoms with Gasteiger partial charge in [-0.05, 0) is 5.56 Å². The Morgan fingerprint density at radius 2 is 1.71 bits per heavy atom. The monoisotopic (exact) mass is 377 g/mol. The summed E-state index contributed by atoms with van der Waals surface area (Å²) in [5.74, 6) is -1.44. The molecule has 0 saturated carbocycles. The van der Waals surface area contributed by atoms with Crippen molar-refractivity contribution in [1.29, 1.82) is 0 Å². The normalized spacial score (nSPS) is 9.00. The van der Waals surface area contributed by atoms with Crippen LogP contribution < -0.4 is 10.2 Å². The van der Waals surface area contributed by atoms with Gasteiger partial charge in [-0.1, -0.05) is 24.3 Å². The molecule has 0 bridgehead atoms. The van der Waals surface area contributed by atoms with Crippen LogP contribution in [0.5, 0.6) is 5.75 Å². The van der Waals surface area contributed by atoms with Crippen molar-refractivity contribution >= 4 is 12.2 Å². The van der Waals surface area contributed by atoms with Crippen LogP contribution in [0.25, 0.3) is 0 Å². The second-order valence-corrected chi connectivity index (χ2v) is 3.90. The number of hydrogen-bond donors (Lipinski definition) is 2. The van der Waals surface area contributed by atoms with Gasteiger partial charge in [-0.2, -0.15) is 0 Å². The van der Waals surface area contributed by atoms with Gasteiger partial charge in [0.15, 0.2) is 0 Å². The Morgan fingerprint density at radius 3 is 2.08 bits per heavy atom. The van der Waals surface area contributed by atoms with Gasteiger partial charge < -0.3 is 25.0 Å². The molecule has 0 atom stereocenters. The summed E-state index contributed by atoms with van der Waals surface area (Å²) < 4.78 is 0. The minimum absolute atomic E-state index is 0. The number of H-pyrrole nitrogens is 2. The predicted octanol–water partition coefficient (Wildman–Crippen LogP) is -0.254. The first-order valence-corrected chi connectivity index (χ1v) is 6.51. The molecule has 0 unspecified atom stereocenters. The standard InChI is InChI=1S/C9H9NO3.2C3H4N2.Zn/c11-8-4-2-1-3-7(8)5-10-6-9(12)13;2*1-2-5-3-4-1;/h1-5,11H,6H2,(H,12,13);2*1-3H,(H,4,5);/q;;;+2/p-2. The zero-order chi connectivity index (χ0) is 16.8. The van der Waals surface area contributed by atoms with E-state index in [0.29, 0.717) is 5.56 Å². The number of aromatic nitrogens is 4. The van der Waals surface area contributed by atoms with Crippen molar-refractivity contribution in [2.24, 2.45) is 4.99 Å². The van der Waals surface area contributed by atoms with E-state index in [-0.39, 0.29) is 25.2 Å². The molecule has 9 heteroatoms. The number of imidazole rings is 2. The predicted molar refractivity (Wildman–Crippen MR) is 80.5 cm³/mol. The number of benzene rings is 1. The van der Waals surface area contributed by atoms with E-state index in [1.54, 1.807) is 55.6 Å². The number of hydrogen-bond acceptors (Lipinski definition) is 6. The fourth-order valence-corrected chi connectivity index (χ4v) is 1.24. The maximum Gasteiger partial charge on any atom is 2.00 e. The third-order valence-corrected chi connectivity index (χ3v) is 2.18. The van der Waals surface area contributed by atoms with Crippen molar-refractivity contribution in [2.75, 3.05) is 6.54 Å². The number of nitrogens with zero attached hydrogens (tertiary/aromatic N) is 3. The number of carboxylic acid groups (broad SMARTS) is 1. The molecule has 3 rings (SSSR count). The van der Waals surface area contributed by atoms with Crippen molar-refractivity contribution in [3.8, 4) is 5.75 Å².